The van der Waals surface area contributed by atoms with E-state index < -0.39 is 0 Å². The molecule has 0 spiro atoms. The van der Waals surface area contributed by atoms with Gasteiger partial charge in [0, 0.05) is 18.6 Å². The lowest BCUT2D eigenvalue weighted by Gasteiger charge is -2.47. The number of rotatable bonds is 2. The highest BCUT2D eigenvalue weighted by Gasteiger charge is 2.35. The minimum Gasteiger partial charge on any atom is -0.488 e. The van der Waals surface area contributed by atoms with E-state index in [1.165, 1.54) is 12.1 Å². The van der Waals surface area contributed by atoms with Crippen LogP contribution in [0, 0.1) is 5.82 Å². The molecule has 1 aliphatic heterocycles. The van der Waals surface area contributed by atoms with Gasteiger partial charge in [-0.3, -0.25) is 4.90 Å². The van der Waals surface area contributed by atoms with E-state index in [0.717, 1.165) is 18.8 Å². The first-order valence-corrected chi connectivity index (χ1v) is 5.62. The molecule has 0 aromatic heterocycles. The van der Waals surface area contributed by atoms with Crippen LogP contribution < -0.4 is 4.74 Å². The van der Waals surface area contributed by atoms with Gasteiger partial charge in [-0.2, -0.15) is 0 Å². The van der Waals surface area contributed by atoms with Gasteiger partial charge >= 0.3 is 0 Å². The summed E-state index contributed by atoms with van der Waals surface area (Å²) in [6, 6.07) is 6.20. The van der Waals surface area contributed by atoms with E-state index in [9.17, 15) is 4.39 Å². The smallest absolute Gasteiger partial charge is 0.124 e. The molecule has 0 amide bonds. The van der Waals surface area contributed by atoms with Crippen molar-refractivity contribution in [1.82, 2.24) is 4.90 Å². The number of nitrogens with zero attached hydrogens (tertiary/aromatic N) is 1. The molecular weight excluding hydrogens is 205 g/mol. The molecule has 0 aliphatic carbocycles. The lowest BCUT2D eigenvalue weighted by Crippen LogP contribution is -2.60. The predicted molar refractivity (Wildman–Crippen MR) is 62.1 cm³/mol. The van der Waals surface area contributed by atoms with E-state index in [1.807, 2.05) is 0 Å². The van der Waals surface area contributed by atoms with Crippen LogP contribution in [-0.4, -0.2) is 29.6 Å². The summed E-state index contributed by atoms with van der Waals surface area (Å²) in [4.78, 5) is 2.36. The molecule has 1 fully saturated rings. The summed E-state index contributed by atoms with van der Waals surface area (Å²) in [7, 11) is 0. The van der Waals surface area contributed by atoms with Crippen molar-refractivity contribution in [2.75, 3.05) is 13.1 Å². The predicted octanol–water partition coefficient (Wildman–Crippen LogP) is 2.69. The van der Waals surface area contributed by atoms with Gasteiger partial charge in [-0.1, -0.05) is 0 Å². The molecule has 16 heavy (non-hydrogen) atoms. The molecule has 0 N–H and O–H groups in total. The van der Waals surface area contributed by atoms with E-state index in [2.05, 4.69) is 25.7 Å². The van der Waals surface area contributed by atoms with E-state index >= 15 is 0 Å². The second-order valence-corrected chi connectivity index (χ2v) is 5.27. The van der Waals surface area contributed by atoms with Crippen LogP contribution in [0.1, 0.15) is 20.8 Å². The highest BCUT2D eigenvalue weighted by Crippen LogP contribution is 2.24. The first-order valence-electron chi connectivity index (χ1n) is 5.62. The van der Waals surface area contributed by atoms with E-state index in [-0.39, 0.29) is 17.5 Å². The Kier molecular flexibility index (Phi) is 2.89. The molecule has 0 radical (unpaired) electrons. The Labute approximate surface area is 96.0 Å². The Morgan fingerprint density at radius 3 is 2.25 bits per heavy atom. The number of hydrogen-bond acceptors (Lipinski definition) is 2. The van der Waals surface area contributed by atoms with Gasteiger partial charge in [0.15, 0.2) is 0 Å². The molecule has 2 nitrogen and oxygen atoms in total. The summed E-state index contributed by atoms with van der Waals surface area (Å²) in [6.45, 7) is 8.48. The van der Waals surface area contributed by atoms with Crippen LogP contribution in [0.4, 0.5) is 4.39 Å². The zero-order valence-corrected chi connectivity index (χ0v) is 10.0. The molecule has 0 bridgehead atoms. The summed E-state index contributed by atoms with van der Waals surface area (Å²) < 4.78 is 18.4. The minimum absolute atomic E-state index is 0.211. The van der Waals surface area contributed by atoms with Crippen LogP contribution in [-0.2, 0) is 0 Å². The van der Waals surface area contributed by atoms with Crippen molar-refractivity contribution in [2.24, 2.45) is 0 Å². The normalized spacial score (nSPS) is 18.2. The molecule has 1 aromatic carbocycles. The lowest BCUT2D eigenvalue weighted by molar-refractivity contribution is -0.0350. The molecule has 0 atom stereocenters. The Hall–Kier alpha value is -1.09. The largest absolute Gasteiger partial charge is 0.488 e. The molecule has 1 saturated heterocycles. The fraction of sp³-hybridized carbons (Fsp3) is 0.538. The molecule has 0 unspecified atom stereocenters. The van der Waals surface area contributed by atoms with Crippen molar-refractivity contribution >= 4 is 0 Å². The first kappa shape index (κ1) is 11.4. The second-order valence-electron chi connectivity index (χ2n) is 5.27. The van der Waals surface area contributed by atoms with Gasteiger partial charge in [0.05, 0.1) is 0 Å². The zero-order chi connectivity index (χ0) is 11.8. The summed E-state index contributed by atoms with van der Waals surface area (Å²) in [5.74, 6) is 0.525. The Balaban J connectivity index is 1.84. The third-order valence-corrected chi connectivity index (χ3v) is 2.91. The Morgan fingerprint density at radius 1 is 1.19 bits per heavy atom. The van der Waals surface area contributed by atoms with Crippen molar-refractivity contribution in [3.05, 3.63) is 30.1 Å². The first-order chi connectivity index (χ1) is 7.45. The molecule has 1 heterocycles. The van der Waals surface area contributed by atoms with Gasteiger partial charge < -0.3 is 4.74 Å². The van der Waals surface area contributed by atoms with Crippen molar-refractivity contribution in [1.29, 1.82) is 0 Å². The maximum Gasteiger partial charge on any atom is 0.124 e. The van der Waals surface area contributed by atoms with Crippen LogP contribution in [0.25, 0.3) is 0 Å². The minimum atomic E-state index is -0.225. The van der Waals surface area contributed by atoms with Crippen LogP contribution in [0.5, 0.6) is 5.75 Å². The third kappa shape index (κ3) is 2.53. The van der Waals surface area contributed by atoms with Crippen LogP contribution >= 0.6 is 0 Å². The van der Waals surface area contributed by atoms with Crippen LogP contribution in [0.2, 0.25) is 0 Å². The summed E-state index contributed by atoms with van der Waals surface area (Å²) in [5.41, 5.74) is 0.211. The van der Waals surface area contributed by atoms with Gasteiger partial charge in [-0.05, 0) is 45.0 Å². The van der Waals surface area contributed by atoms with Crippen molar-refractivity contribution in [3.63, 3.8) is 0 Å². The van der Waals surface area contributed by atoms with Gasteiger partial charge in [0.25, 0.3) is 0 Å². The maximum atomic E-state index is 12.7. The highest BCUT2D eigenvalue weighted by atomic mass is 19.1. The fourth-order valence-electron chi connectivity index (χ4n) is 1.77. The quantitative estimate of drug-likeness (QED) is 0.764. The third-order valence-electron chi connectivity index (χ3n) is 2.91. The lowest BCUT2D eigenvalue weighted by atomic mass is 9.99. The molecule has 2 rings (SSSR count). The molecule has 88 valence electrons. The maximum absolute atomic E-state index is 12.7. The Morgan fingerprint density at radius 2 is 1.75 bits per heavy atom. The fourth-order valence-corrected chi connectivity index (χ4v) is 1.77. The van der Waals surface area contributed by atoms with Crippen LogP contribution in [0.15, 0.2) is 24.3 Å². The van der Waals surface area contributed by atoms with Crippen molar-refractivity contribution in [2.45, 2.75) is 32.4 Å². The number of benzene rings is 1. The van der Waals surface area contributed by atoms with Crippen molar-refractivity contribution < 1.29 is 9.13 Å². The zero-order valence-electron chi connectivity index (χ0n) is 10.0. The van der Waals surface area contributed by atoms with Gasteiger partial charge in [0.2, 0.25) is 0 Å². The SMILES string of the molecule is CC(C)(C)N1CC(Oc2ccc(F)cc2)C1. The average Bonchev–Trinajstić information content (AvgIpc) is 2.11. The second kappa shape index (κ2) is 4.06. The molecule has 1 aliphatic rings. The molecular formula is C13H18FNO. The Bertz CT molecular complexity index is 349. The standard InChI is InChI=1S/C13H18FNO/c1-13(2,3)15-8-12(9-15)16-11-6-4-10(14)5-7-11/h4-7,12H,8-9H2,1-3H3. The van der Waals surface area contributed by atoms with E-state index in [0.29, 0.717) is 0 Å². The van der Waals surface area contributed by atoms with Crippen LogP contribution in [0.3, 0.4) is 0 Å². The number of likely N-dealkylation sites (tertiary alicyclic amines) is 1. The molecule has 3 heteroatoms. The topological polar surface area (TPSA) is 12.5 Å². The van der Waals surface area contributed by atoms with Gasteiger partial charge in [0.1, 0.15) is 17.7 Å². The van der Waals surface area contributed by atoms with E-state index in [4.69, 9.17) is 4.74 Å². The van der Waals surface area contributed by atoms with Gasteiger partial charge in [-0.15, -0.1) is 0 Å². The molecule has 1 aromatic rings. The van der Waals surface area contributed by atoms with Gasteiger partial charge in [-0.25, -0.2) is 4.39 Å². The summed E-state index contributed by atoms with van der Waals surface area (Å²) >= 11 is 0. The number of ether oxygens (including phenoxy) is 1. The summed E-state index contributed by atoms with van der Waals surface area (Å²) in [6.07, 6.45) is 0.240. The van der Waals surface area contributed by atoms with E-state index in [1.54, 1.807) is 12.1 Å². The summed E-state index contributed by atoms with van der Waals surface area (Å²) in [5, 5.41) is 0. The number of halogens is 1. The monoisotopic (exact) mass is 223 g/mol. The average molecular weight is 223 g/mol. The number of hydrogen-bond donors (Lipinski definition) is 0. The van der Waals surface area contributed by atoms with Crippen molar-refractivity contribution in [3.8, 4) is 5.75 Å². The molecule has 0 saturated carbocycles. The highest BCUT2D eigenvalue weighted by molar-refractivity contribution is 5.22.